The Hall–Kier alpha value is -3.11. The second-order valence-electron chi connectivity index (χ2n) is 5.57. The number of nitrogens with zero attached hydrogens (tertiary/aromatic N) is 2. The third-order valence-corrected chi connectivity index (χ3v) is 5.64. The summed E-state index contributed by atoms with van der Waals surface area (Å²) >= 11 is 2.42. The summed E-state index contributed by atoms with van der Waals surface area (Å²) in [6.45, 7) is 0. The van der Waals surface area contributed by atoms with Gasteiger partial charge in [-0.15, -0.1) is 10.2 Å². The molecule has 0 bridgehead atoms. The Bertz CT molecular complexity index is 973. The lowest BCUT2D eigenvalue weighted by Crippen LogP contribution is -2.14. The van der Waals surface area contributed by atoms with E-state index in [1.54, 1.807) is 18.2 Å². The molecule has 3 aromatic rings. The van der Waals surface area contributed by atoms with E-state index in [-0.39, 0.29) is 17.2 Å². The van der Waals surface area contributed by atoms with Crippen LogP contribution in [0.1, 0.15) is 10.4 Å². The molecule has 0 saturated heterocycles. The second kappa shape index (κ2) is 9.89. The van der Waals surface area contributed by atoms with Gasteiger partial charge < -0.3 is 14.8 Å². The number of carbonyl (C=O) groups excluding carboxylic acids is 2. The van der Waals surface area contributed by atoms with Gasteiger partial charge in [0, 0.05) is 5.69 Å². The molecule has 29 heavy (non-hydrogen) atoms. The topological polar surface area (TPSA) is 102 Å². The molecule has 1 heterocycles. The Morgan fingerprint density at radius 3 is 2.31 bits per heavy atom. The largest absolute Gasteiger partial charge is 0.496 e. The van der Waals surface area contributed by atoms with Crippen molar-refractivity contribution in [2.75, 3.05) is 30.6 Å². The first-order valence-electron chi connectivity index (χ1n) is 8.44. The van der Waals surface area contributed by atoms with Crippen LogP contribution in [0.15, 0.2) is 52.9 Å². The van der Waals surface area contributed by atoms with Crippen molar-refractivity contribution in [2.24, 2.45) is 0 Å². The van der Waals surface area contributed by atoms with Gasteiger partial charge in [0.2, 0.25) is 11.0 Å². The predicted molar refractivity (Wildman–Crippen MR) is 113 cm³/mol. The second-order valence-corrected chi connectivity index (χ2v) is 7.77. The average molecular weight is 431 g/mol. The molecule has 3 rings (SSSR count). The van der Waals surface area contributed by atoms with E-state index in [2.05, 4.69) is 20.8 Å². The van der Waals surface area contributed by atoms with Crippen LogP contribution in [0.3, 0.4) is 0 Å². The molecule has 1 aromatic heterocycles. The fourth-order valence-electron chi connectivity index (χ4n) is 2.40. The number of carbonyl (C=O) groups is 2. The highest BCUT2D eigenvalue weighted by Gasteiger charge is 2.20. The van der Waals surface area contributed by atoms with Crippen molar-refractivity contribution in [3.8, 4) is 11.5 Å². The summed E-state index contributed by atoms with van der Waals surface area (Å²) in [5.74, 6) is 0.379. The van der Waals surface area contributed by atoms with Gasteiger partial charge in [-0.1, -0.05) is 47.4 Å². The van der Waals surface area contributed by atoms with Crippen molar-refractivity contribution in [2.45, 2.75) is 4.34 Å². The van der Waals surface area contributed by atoms with Crippen molar-refractivity contribution in [3.05, 3.63) is 54.1 Å². The number of aromatic nitrogens is 2. The minimum Gasteiger partial charge on any atom is -0.496 e. The molecule has 0 aliphatic rings. The summed E-state index contributed by atoms with van der Waals surface area (Å²) in [5, 5.41) is 13.8. The monoisotopic (exact) mass is 430 g/mol. The van der Waals surface area contributed by atoms with E-state index in [0.717, 1.165) is 5.69 Å². The summed E-state index contributed by atoms with van der Waals surface area (Å²) in [6.07, 6.45) is 0. The number of rotatable bonds is 8. The zero-order valence-corrected chi connectivity index (χ0v) is 17.3. The van der Waals surface area contributed by atoms with Crippen LogP contribution in [0.5, 0.6) is 11.5 Å². The molecule has 0 unspecified atom stereocenters. The number of anilines is 2. The quantitative estimate of drug-likeness (QED) is 0.416. The zero-order valence-electron chi connectivity index (χ0n) is 15.7. The number of hydrogen-bond donors (Lipinski definition) is 2. The Labute approximate surface area is 175 Å². The van der Waals surface area contributed by atoms with Crippen molar-refractivity contribution in [3.63, 3.8) is 0 Å². The van der Waals surface area contributed by atoms with E-state index in [1.807, 2.05) is 30.3 Å². The van der Waals surface area contributed by atoms with Crippen LogP contribution >= 0.6 is 23.1 Å². The lowest BCUT2D eigenvalue weighted by atomic mass is 10.1. The standard InChI is InChI=1S/C19H18N4O4S2/c1-26-13-9-6-10-14(27-2)16(13)17(25)21-18-22-23-19(29-18)28-11-15(24)20-12-7-4-3-5-8-12/h3-10H,11H2,1-2H3,(H,20,24)(H,21,22,25). The molecule has 2 N–H and O–H groups in total. The van der Waals surface area contributed by atoms with Crippen LogP contribution in [0.4, 0.5) is 10.8 Å². The summed E-state index contributed by atoms with van der Waals surface area (Å²) in [6, 6.07) is 14.3. The van der Waals surface area contributed by atoms with Crippen LogP contribution in [-0.4, -0.2) is 42.0 Å². The Morgan fingerprint density at radius 2 is 1.66 bits per heavy atom. The predicted octanol–water partition coefficient (Wildman–Crippen LogP) is 3.54. The maximum atomic E-state index is 12.6. The molecule has 8 nitrogen and oxygen atoms in total. The van der Waals surface area contributed by atoms with Gasteiger partial charge in [0.05, 0.1) is 20.0 Å². The lowest BCUT2D eigenvalue weighted by molar-refractivity contribution is -0.113. The number of ether oxygens (including phenoxy) is 2. The maximum absolute atomic E-state index is 12.6. The third kappa shape index (κ3) is 5.46. The minimum atomic E-state index is -0.422. The van der Waals surface area contributed by atoms with Gasteiger partial charge in [0.25, 0.3) is 5.91 Å². The molecule has 0 radical (unpaired) electrons. The number of amides is 2. The molecule has 10 heteroatoms. The van der Waals surface area contributed by atoms with E-state index in [1.165, 1.54) is 37.3 Å². The first-order chi connectivity index (χ1) is 14.1. The molecule has 0 aliphatic carbocycles. The SMILES string of the molecule is COc1cccc(OC)c1C(=O)Nc1nnc(SCC(=O)Nc2ccccc2)s1. The smallest absolute Gasteiger partial charge is 0.265 e. The van der Waals surface area contributed by atoms with Crippen LogP contribution in [0.2, 0.25) is 0 Å². The number of nitrogens with one attached hydrogen (secondary N) is 2. The first kappa shape index (κ1) is 20.6. The number of methoxy groups -OCH3 is 2. The molecule has 0 atom stereocenters. The van der Waals surface area contributed by atoms with Crippen LogP contribution in [0.25, 0.3) is 0 Å². The minimum absolute atomic E-state index is 0.152. The van der Waals surface area contributed by atoms with E-state index < -0.39 is 5.91 Å². The Balaban J connectivity index is 1.59. The number of hydrogen-bond acceptors (Lipinski definition) is 8. The highest BCUT2D eigenvalue weighted by atomic mass is 32.2. The molecular weight excluding hydrogens is 412 g/mol. The van der Waals surface area contributed by atoms with Gasteiger partial charge in [-0.05, 0) is 24.3 Å². The van der Waals surface area contributed by atoms with Gasteiger partial charge in [0.15, 0.2) is 4.34 Å². The van der Waals surface area contributed by atoms with Crippen LogP contribution in [-0.2, 0) is 4.79 Å². The number of thioether (sulfide) groups is 1. The lowest BCUT2D eigenvalue weighted by Gasteiger charge is -2.11. The van der Waals surface area contributed by atoms with Gasteiger partial charge in [0.1, 0.15) is 17.1 Å². The fraction of sp³-hybridized carbons (Fsp3) is 0.158. The van der Waals surface area contributed by atoms with Crippen LogP contribution < -0.4 is 20.1 Å². The van der Waals surface area contributed by atoms with E-state index in [0.29, 0.717) is 21.0 Å². The van der Waals surface area contributed by atoms with Gasteiger partial charge in [-0.3, -0.25) is 14.9 Å². The summed E-state index contributed by atoms with van der Waals surface area (Å²) in [4.78, 5) is 24.7. The molecule has 2 amide bonds. The molecule has 2 aromatic carbocycles. The molecule has 150 valence electrons. The molecule has 0 aliphatic heterocycles. The van der Waals surface area contributed by atoms with E-state index in [4.69, 9.17) is 9.47 Å². The number of para-hydroxylation sites is 1. The summed E-state index contributed by atoms with van der Waals surface area (Å²) in [7, 11) is 2.96. The summed E-state index contributed by atoms with van der Waals surface area (Å²) in [5.41, 5.74) is 0.998. The van der Waals surface area contributed by atoms with Gasteiger partial charge in [-0.25, -0.2) is 0 Å². The highest BCUT2D eigenvalue weighted by molar-refractivity contribution is 8.01. The normalized spacial score (nSPS) is 10.3. The fourth-order valence-corrected chi connectivity index (χ4v) is 3.95. The highest BCUT2D eigenvalue weighted by Crippen LogP contribution is 2.30. The van der Waals surface area contributed by atoms with Crippen molar-refractivity contribution >= 4 is 45.7 Å². The first-order valence-corrected chi connectivity index (χ1v) is 10.2. The Morgan fingerprint density at radius 1 is 0.966 bits per heavy atom. The van der Waals surface area contributed by atoms with Gasteiger partial charge >= 0.3 is 0 Å². The molecular formula is C19H18N4O4S2. The molecule has 0 spiro atoms. The van der Waals surface area contributed by atoms with Crippen molar-refractivity contribution in [1.29, 1.82) is 0 Å². The third-order valence-electron chi connectivity index (χ3n) is 3.67. The van der Waals surface area contributed by atoms with Crippen molar-refractivity contribution in [1.82, 2.24) is 10.2 Å². The summed E-state index contributed by atoms with van der Waals surface area (Å²) < 4.78 is 11.1. The average Bonchev–Trinajstić information content (AvgIpc) is 3.19. The number of benzene rings is 2. The van der Waals surface area contributed by atoms with Crippen LogP contribution in [0, 0.1) is 0 Å². The molecule has 0 saturated carbocycles. The maximum Gasteiger partial charge on any atom is 0.265 e. The zero-order chi connectivity index (χ0) is 20.6. The van der Waals surface area contributed by atoms with E-state index >= 15 is 0 Å². The molecule has 0 fully saturated rings. The van der Waals surface area contributed by atoms with Crippen molar-refractivity contribution < 1.29 is 19.1 Å². The van der Waals surface area contributed by atoms with Gasteiger partial charge in [-0.2, -0.15) is 0 Å². The Kier molecular flexibility index (Phi) is 7.04. The van der Waals surface area contributed by atoms with E-state index in [9.17, 15) is 9.59 Å².